The van der Waals surface area contributed by atoms with E-state index < -0.39 is 29.4 Å². The van der Waals surface area contributed by atoms with E-state index in [1.165, 1.54) is 13.0 Å². The SMILES string of the molecule is CC(=O)OCC1(O)CCC(C2=CC(=CC(C)C(N)=O)OC2=O)CC1. The summed E-state index contributed by atoms with van der Waals surface area (Å²) in [5.41, 5.74) is 4.71. The van der Waals surface area contributed by atoms with Crippen LogP contribution in [-0.2, 0) is 23.9 Å². The van der Waals surface area contributed by atoms with Gasteiger partial charge in [-0.3, -0.25) is 9.59 Å². The van der Waals surface area contributed by atoms with E-state index in [2.05, 4.69) is 0 Å². The molecule has 3 N–H and O–H groups in total. The fraction of sp³-hybridized carbons (Fsp3) is 0.588. The first-order chi connectivity index (χ1) is 11.2. The van der Waals surface area contributed by atoms with Crippen LogP contribution in [0.2, 0.25) is 0 Å². The molecule has 0 saturated heterocycles. The number of allylic oxidation sites excluding steroid dienone is 1. The number of amides is 1. The Balaban J connectivity index is 1.99. The number of carbonyl (C=O) groups is 3. The van der Waals surface area contributed by atoms with Crippen LogP contribution in [0, 0.1) is 11.8 Å². The van der Waals surface area contributed by atoms with E-state index in [0.717, 1.165) is 0 Å². The number of nitrogens with two attached hydrogens (primary N) is 1. The van der Waals surface area contributed by atoms with Gasteiger partial charge in [-0.2, -0.15) is 0 Å². The van der Waals surface area contributed by atoms with Crippen LogP contribution in [0.25, 0.3) is 0 Å². The van der Waals surface area contributed by atoms with Crippen LogP contribution >= 0.6 is 0 Å². The standard InChI is InChI=1S/C17H23NO6/c1-10(15(18)20)7-13-8-14(16(21)24-13)12-3-5-17(22,6-4-12)9-23-11(2)19/h7-8,10,12,22H,3-6,9H2,1-2H3,(H2,18,20). The average molecular weight is 337 g/mol. The van der Waals surface area contributed by atoms with Crippen molar-refractivity contribution in [1.29, 1.82) is 0 Å². The number of rotatable bonds is 5. The molecular weight excluding hydrogens is 314 g/mol. The molecular formula is C17H23NO6. The zero-order chi connectivity index (χ0) is 17.9. The second-order valence-electron chi connectivity index (χ2n) is 6.53. The molecule has 2 aliphatic rings. The second-order valence-corrected chi connectivity index (χ2v) is 6.53. The number of cyclic esters (lactones) is 1. The minimum atomic E-state index is -1.04. The van der Waals surface area contributed by atoms with Gasteiger partial charge in [0.05, 0.1) is 11.5 Å². The van der Waals surface area contributed by atoms with Gasteiger partial charge in [-0.15, -0.1) is 0 Å². The Labute approximate surface area is 140 Å². The lowest BCUT2D eigenvalue weighted by Crippen LogP contribution is -2.39. The molecule has 0 bridgehead atoms. The lowest BCUT2D eigenvalue weighted by atomic mass is 9.76. The Morgan fingerprint density at radius 3 is 2.67 bits per heavy atom. The quantitative estimate of drug-likeness (QED) is 0.722. The van der Waals surface area contributed by atoms with Gasteiger partial charge in [0.15, 0.2) is 0 Å². The first-order valence-electron chi connectivity index (χ1n) is 8.01. The molecule has 1 aliphatic heterocycles. The van der Waals surface area contributed by atoms with Gasteiger partial charge in [0.25, 0.3) is 0 Å². The summed E-state index contributed by atoms with van der Waals surface area (Å²) in [6.45, 7) is 2.90. The molecule has 2 rings (SSSR count). The molecule has 24 heavy (non-hydrogen) atoms. The Hall–Kier alpha value is -2.15. The van der Waals surface area contributed by atoms with E-state index in [4.69, 9.17) is 15.2 Å². The summed E-state index contributed by atoms with van der Waals surface area (Å²) in [7, 11) is 0. The van der Waals surface area contributed by atoms with Crippen LogP contribution in [0.4, 0.5) is 0 Å². The summed E-state index contributed by atoms with van der Waals surface area (Å²) in [6, 6.07) is 0. The van der Waals surface area contributed by atoms with Gasteiger partial charge in [0, 0.05) is 12.5 Å². The van der Waals surface area contributed by atoms with E-state index in [0.29, 0.717) is 37.0 Å². The molecule has 1 saturated carbocycles. The number of primary amides is 1. The molecule has 132 valence electrons. The third-order valence-electron chi connectivity index (χ3n) is 4.51. The van der Waals surface area contributed by atoms with Gasteiger partial charge in [0.1, 0.15) is 12.4 Å². The fourth-order valence-corrected chi connectivity index (χ4v) is 2.95. The topological polar surface area (TPSA) is 116 Å². The molecule has 1 amide bonds. The minimum Gasteiger partial charge on any atom is -0.463 e. The molecule has 1 fully saturated rings. The van der Waals surface area contributed by atoms with Crippen molar-refractivity contribution in [1.82, 2.24) is 0 Å². The van der Waals surface area contributed by atoms with Gasteiger partial charge < -0.3 is 20.3 Å². The molecule has 0 aromatic carbocycles. The zero-order valence-electron chi connectivity index (χ0n) is 13.9. The van der Waals surface area contributed by atoms with Crippen LogP contribution in [-0.4, -0.2) is 35.2 Å². The van der Waals surface area contributed by atoms with Crippen molar-refractivity contribution in [2.24, 2.45) is 17.6 Å². The summed E-state index contributed by atoms with van der Waals surface area (Å²) < 4.78 is 10.1. The maximum absolute atomic E-state index is 12.0. The number of aliphatic hydroxyl groups is 1. The summed E-state index contributed by atoms with van der Waals surface area (Å²) >= 11 is 0. The molecule has 0 radical (unpaired) electrons. The molecule has 7 heteroatoms. The van der Waals surface area contributed by atoms with Gasteiger partial charge in [-0.05, 0) is 50.7 Å². The Bertz CT molecular complexity index is 598. The van der Waals surface area contributed by atoms with E-state index in [1.54, 1.807) is 13.0 Å². The lowest BCUT2D eigenvalue weighted by molar-refractivity contribution is -0.151. The van der Waals surface area contributed by atoms with Crippen molar-refractivity contribution in [2.45, 2.75) is 45.1 Å². The molecule has 1 atom stereocenters. The van der Waals surface area contributed by atoms with Crippen LogP contribution in [0.15, 0.2) is 23.5 Å². The highest BCUT2D eigenvalue weighted by atomic mass is 16.5. The fourth-order valence-electron chi connectivity index (χ4n) is 2.95. The average Bonchev–Trinajstić information content (AvgIpc) is 2.86. The largest absolute Gasteiger partial charge is 0.463 e. The van der Waals surface area contributed by atoms with Crippen LogP contribution in [0.5, 0.6) is 0 Å². The van der Waals surface area contributed by atoms with Gasteiger partial charge in [0.2, 0.25) is 5.91 Å². The maximum Gasteiger partial charge on any atom is 0.339 e. The van der Waals surface area contributed by atoms with Crippen LogP contribution in [0.3, 0.4) is 0 Å². The van der Waals surface area contributed by atoms with E-state index in [9.17, 15) is 19.5 Å². The summed E-state index contributed by atoms with van der Waals surface area (Å²) in [5.74, 6) is -1.55. The predicted octanol–water partition coefficient (Wildman–Crippen LogP) is 0.959. The minimum absolute atomic E-state index is 0.0233. The number of carbonyl (C=O) groups excluding carboxylic acids is 3. The van der Waals surface area contributed by atoms with Crippen molar-refractivity contribution in [3.8, 4) is 0 Å². The summed E-state index contributed by atoms with van der Waals surface area (Å²) in [5, 5.41) is 10.4. The monoisotopic (exact) mass is 337 g/mol. The van der Waals surface area contributed by atoms with Gasteiger partial charge >= 0.3 is 11.9 Å². The van der Waals surface area contributed by atoms with Crippen LogP contribution < -0.4 is 5.73 Å². The lowest BCUT2D eigenvalue weighted by Gasteiger charge is -2.35. The molecule has 0 aromatic heterocycles. The Morgan fingerprint density at radius 1 is 1.50 bits per heavy atom. The van der Waals surface area contributed by atoms with Crippen molar-refractivity contribution >= 4 is 17.8 Å². The molecule has 1 aliphatic carbocycles. The van der Waals surface area contributed by atoms with Crippen molar-refractivity contribution < 1.29 is 29.0 Å². The smallest absolute Gasteiger partial charge is 0.339 e. The van der Waals surface area contributed by atoms with Gasteiger partial charge in [-0.1, -0.05) is 0 Å². The second kappa shape index (κ2) is 7.17. The Morgan fingerprint density at radius 2 is 2.12 bits per heavy atom. The first kappa shape index (κ1) is 18.2. The van der Waals surface area contributed by atoms with Crippen molar-refractivity contribution in [2.75, 3.05) is 6.61 Å². The summed E-state index contributed by atoms with van der Waals surface area (Å²) in [4.78, 5) is 34.0. The van der Waals surface area contributed by atoms with E-state index in [-0.39, 0.29) is 12.5 Å². The van der Waals surface area contributed by atoms with E-state index >= 15 is 0 Å². The highest BCUT2D eigenvalue weighted by molar-refractivity contribution is 5.93. The number of hydrogen-bond donors (Lipinski definition) is 2. The Kier molecular flexibility index (Phi) is 5.43. The van der Waals surface area contributed by atoms with Crippen LogP contribution in [0.1, 0.15) is 39.5 Å². The normalized spacial score (nSPS) is 29.8. The summed E-state index contributed by atoms with van der Waals surface area (Å²) in [6.07, 6.45) is 5.23. The molecule has 0 spiro atoms. The molecule has 1 unspecified atom stereocenters. The van der Waals surface area contributed by atoms with Crippen molar-refractivity contribution in [3.05, 3.63) is 23.5 Å². The molecule has 7 nitrogen and oxygen atoms in total. The maximum atomic E-state index is 12.0. The van der Waals surface area contributed by atoms with E-state index in [1.807, 2.05) is 0 Å². The van der Waals surface area contributed by atoms with Crippen molar-refractivity contribution in [3.63, 3.8) is 0 Å². The highest BCUT2D eigenvalue weighted by Gasteiger charge is 2.38. The number of esters is 2. The first-order valence-corrected chi connectivity index (χ1v) is 8.01. The molecule has 1 heterocycles. The molecule has 0 aromatic rings. The van der Waals surface area contributed by atoms with Gasteiger partial charge in [-0.25, -0.2) is 4.79 Å². The number of ether oxygens (including phenoxy) is 2. The third kappa shape index (κ3) is 4.44. The predicted molar refractivity (Wildman–Crippen MR) is 84.2 cm³/mol. The highest BCUT2D eigenvalue weighted by Crippen LogP contribution is 2.38. The third-order valence-corrected chi connectivity index (χ3v) is 4.51. The number of hydrogen-bond acceptors (Lipinski definition) is 6. The zero-order valence-corrected chi connectivity index (χ0v) is 13.9.